The fourth-order valence-corrected chi connectivity index (χ4v) is 2.85. The Balaban J connectivity index is 1.56. The van der Waals surface area contributed by atoms with E-state index in [1.807, 2.05) is 4.90 Å². The normalized spacial score (nSPS) is 22.2. The smallest absolute Gasteiger partial charge is 0.253 e. The van der Waals surface area contributed by atoms with Crippen LogP contribution in [-0.4, -0.2) is 80.6 Å². The van der Waals surface area contributed by atoms with Crippen LogP contribution in [0.3, 0.4) is 0 Å². The highest BCUT2D eigenvalue weighted by atomic mass is 16.5. The van der Waals surface area contributed by atoms with Gasteiger partial charge in [-0.3, -0.25) is 9.59 Å². The van der Waals surface area contributed by atoms with Gasteiger partial charge in [0.2, 0.25) is 5.91 Å². The first-order valence-corrected chi connectivity index (χ1v) is 8.33. The van der Waals surface area contributed by atoms with Crippen LogP contribution in [0.1, 0.15) is 10.4 Å². The van der Waals surface area contributed by atoms with E-state index in [0.29, 0.717) is 31.0 Å². The van der Waals surface area contributed by atoms with Crippen molar-refractivity contribution < 1.29 is 14.3 Å². The van der Waals surface area contributed by atoms with Gasteiger partial charge in [-0.05, 0) is 31.3 Å². The molecular formula is C17H24N4O3. The van der Waals surface area contributed by atoms with Crippen molar-refractivity contribution in [1.29, 1.82) is 0 Å². The lowest BCUT2D eigenvalue weighted by atomic mass is 10.1. The number of carbonyl (C=O) groups excluding carboxylic acids is 2. The molecule has 1 aromatic rings. The zero-order valence-electron chi connectivity index (χ0n) is 14.0. The van der Waals surface area contributed by atoms with Gasteiger partial charge in [-0.2, -0.15) is 0 Å². The van der Waals surface area contributed by atoms with Crippen LogP contribution in [0.5, 0.6) is 0 Å². The van der Waals surface area contributed by atoms with E-state index in [1.54, 1.807) is 24.3 Å². The second-order valence-electron chi connectivity index (χ2n) is 6.24. The molecule has 2 fully saturated rings. The molecule has 0 radical (unpaired) electrons. The van der Waals surface area contributed by atoms with Crippen molar-refractivity contribution in [2.45, 2.75) is 6.04 Å². The number of ether oxygens (including phenoxy) is 1. The molecule has 7 nitrogen and oxygen atoms in total. The summed E-state index contributed by atoms with van der Waals surface area (Å²) in [7, 11) is 2.06. The first-order valence-electron chi connectivity index (χ1n) is 8.33. The first-order chi connectivity index (χ1) is 11.6. The molecule has 0 aromatic heterocycles. The second-order valence-corrected chi connectivity index (χ2v) is 6.24. The number of amides is 2. The van der Waals surface area contributed by atoms with Gasteiger partial charge in [0.15, 0.2) is 0 Å². The molecule has 7 heteroatoms. The highest BCUT2D eigenvalue weighted by Gasteiger charge is 2.22. The molecule has 24 heavy (non-hydrogen) atoms. The quantitative estimate of drug-likeness (QED) is 0.815. The van der Waals surface area contributed by atoms with Crippen molar-refractivity contribution >= 4 is 17.5 Å². The minimum atomic E-state index is -0.328. The van der Waals surface area contributed by atoms with Crippen molar-refractivity contribution in [3.63, 3.8) is 0 Å². The van der Waals surface area contributed by atoms with Crippen LogP contribution >= 0.6 is 0 Å². The van der Waals surface area contributed by atoms with Crippen LogP contribution in [0.4, 0.5) is 5.69 Å². The Hall–Kier alpha value is -1.96. The van der Waals surface area contributed by atoms with Crippen LogP contribution in [0, 0.1) is 0 Å². The Labute approximate surface area is 141 Å². The summed E-state index contributed by atoms with van der Waals surface area (Å²) in [5.74, 6) is -0.0730. The van der Waals surface area contributed by atoms with E-state index in [1.165, 1.54) is 0 Å². The lowest BCUT2D eigenvalue weighted by Crippen LogP contribution is -2.48. The number of likely N-dealkylation sites (N-methyl/N-ethyl adjacent to an activating group) is 1. The largest absolute Gasteiger partial charge is 0.378 e. The fourth-order valence-electron chi connectivity index (χ4n) is 2.85. The Kier molecular flexibility index (Phi) is 5.44. The van der Waals surface area contributed by atoms with E-state index in [-0.39, 0.29) is 17.9 Å². The Morgan fingerprint density at radius 1 is 1.17 bits per heavy atom. The summed E-state index contributed by atoms with van der Waals surface area (Å²) >= 11 is 0. The predicted octanol–water partition coefficient (Wildman–Crippen LogP) is 0.00110. The van der Waals surface area contributed by atoms with E-state index in [9.17, 15) is 9.59 Å². The summed E-state index contributed by atoms with van der Waals surface area (Å²) < 4.78 is 5.29. The summed E-state index contributed by atoms with van der Waals surface area (Å²) in [5.41, 5.74) is 1.33. The van der Waals surface area contributed by atoms with Gasteiger partial charge in [0.25, 0.3) is 5.91 Å². The molecule has 2 N–H and O–H groups in total. The standard InChI is InChI=1S/C17H24N4O3/c1-20-7-9-21(10-8-20)17(23)13-2-4-14(5-3-13)19-16(22)15-12-24-11-6-18-15/h2-5,15,18H,6-12H2,1H3,(H,19,22). The molecule has 2 saturated heterocycles. The van der Waals surface area contributed by atoms with Crippen LogP contribution in [0.15, 0.2) is 24.3 Å². The zero-order chi connectivity index (χ0) is 16.9. The number of benzene rings is 1. The van der Waals surface area contributed by atoms with Gasteiger partial charge in [-0.25, -0.2) is 0 Å². The predicted molar refractivity (Wildman–Crippen MR) is 91.1 cm³/mol. The topological polar surface area (TPSA) is 73.9 Å². The maximum atomic E-state index is 12.5. The minimum Gasteiger partial charge on any atom is -0.378 e. The zero-order valence-corrected chi connectivity index (χ0v) is 14.0. The van der Waals surface area contributed by atoms with E-state index >= 15 is 0 Å². The number of anilines is 1. The molecule has 2 aliphatic rings. The molecule has 0 aliphatic carbocycles. The molecule has 1 unspecified atom stereocenters. The number of nitrogens with one attached hydrogen (secondary N) is 2. The number of piperazine rings is 1. The van der Waals surface area contributed by atoms with Crippen molar-refractivity contribution in [3.8, 4) is 0 Å². The fraction of sp³-hybridized carbons (Fsp3) is 0.529. The average Bonchev–Trinajstić information content (AvgIpc) is 2.63. The van der Waals surface area contributed by atoms with Crippen molar-refractivity contribution in [3.05, 3.63) is 29.8 Å². The van der Waals surface area contributed by atoms with Crippen molar-refractivity contribution in [2.75, 3.05) is 58.3 Å². The number of morpholine rings is 1. The van der Waals surface area contributed by atoms with Gasteiger partial charge in [0.1, 0.15) is 6.04 Å². The lowest BCUT2D eigenvalue weighted by molar-refractivity contribution is -0.120. The maximum Gasteiger partial charge on any atom is 0.253 e. The number of nitrogens with zero attached hydrogens (tertiary/aromatic N) is 2. The number of carbonyl (C=O) groups is 2. The molecule has 0 saturated carbocycles. The third-order valence-corrected chi connectivity index (χ3v) is 4.43. The highest BCUT2D eigenvalue weighted by Crippen LogP contribution is 2.13. The Morgan fingerprint density at radius 3 is 2.50 bits per heavy atom. The van der Waals surface area contributed by atoms with Gasteiger partial charge in [-0.1, -0.05) is 0 Å². The maximum absolute atomic E-state index is 12.5. The Bertz CT molecular complexity index is 576. The molecule has 0 spiro atoms. The second kappa shape index (κ2) is 7.74. The number of rotatable bonds is 3. The van der Waals surface area contributed by atoms with Crippen molar-refractivity contribution in [2.24, 2.45) is 0 Å². The summed E-state index contributed by atoms with van der Waals surface area (Å²) in [5, 5.41) is 5.96. The van der Waals surface area contributed by atoms with Gasteiger partial charge in [-0.15, -0.1) is 0 Å². The van der Waals surface area contributed by atoms with Gasteiger partial charge in [0.05, 0.1) is 13.2 Å². The molecule has 2 amide bonds. The molecule has 2 aliphatic heterocycles. The SMILES string of the molecule is CN1CCN(C(=O)c2ccc(NC(=O)C3COCCN3)cc2)CC1. The summed E-state index contributed by atoms with van der Waals surface area (Å²) in [6, 6.07) is 6.74. The molecule has 3 rings (SSSR count). The van der Waals surface area contributed by atoms with Crippen LogP contribution in [-0.2, 0) is 9.53 Å². The average molecular weight is 332 g/mol. The van der Waals surface area contributed by atoms with E-state index in [2.05, 4.69) is 22.6 Å². The summed E-state index contributed by atoms with van der Waals surface area (Å²) in [6.45, 7) is 4.99. The van der Waals surface area contributed by atoms with Crippen molar-refractivity contribution in [1.82, 2.24) is 15.1 Å². The van der Waals surface area contributed by atoms with Crippen LogP contribution < -0.4 is 10.6 Å². The molecule has 1 atom stereocenters. The van der Waals surface area contributed by atoms with Gasteiger partial charge in [0, 0.05) is 44.0 Å². The molecule has 0 bridgehead atoms. The minimum absolute atomic E-state index is 0.0447. The Morgan fingerprint density at radius 2 is 1.88 bits per heavy atom. The van der Waals surface area contributed by atoms with Crippen LogP contribution in [0.2, 0.25) is 0 Å². The van der Waals surface area contributed by atoms with Gasteiger partial charge >= 0.3 is 0 Å². The van der Waals surface area contributed by atoms with Gasteiger partial charge < -0.3 is 25.2 Å². The first kappa shape index (κ1) is 16.9. The van der Waals surface area contributed by atoms with E-state index < -0.39 is 0 Å². The summed E-state index contributed by atoms with van der Waals surface area (Å²) in [6.07, 6.45) is 0. The third kappa shape index (κ3) is 4.11. The highest BCUT2D eigenvalue weighted by molar-refractivity contribution is 5.97. The van der Waals surface area contributed by atoms with Crippen LogP contribution in [0.25, 0.3) is 0 Å². The van der Waals surface area contributed by atoms with E-state index in [0.717, 1.165) is 26.2 Å². The molecule has 130 valence electrons. The number of hydrogen-bond acceptors (Lipinski definition) is 5. The molecule has 2 heterocycles. The molecule has 1 aromatic carbocycles. The number of hydrogen-bond donors (Lipinski definition) is 2. The van der Waals surface area contributed by atoms with E-state index in [4.69, 9.17) is 4.74 Å². The summed E-state index contributed by atoms with van der Waals surface area (Å²) in [4.78, 5) is 28.7. The third-order valence-electron chi connectivity index (χ3n) is 4.43. The lowest BCUT2D eigenvalue weighted by Gasteiger charge is -2.32. The monoisotopic (exact) mass is 332 g/mol. The molecular weight excluding hydrogens is 308 g/mol.